The lowest BCUT2D eigenvalue weighted by atomic mass is 10.1. The number of ether oxygens (including phenoxy) is 2. The summed E-state index contributed by atoms with van der Waals surface area (Å²) in [5.74, 6) is -1.64. The lowest BCUT2D eigenvalue weighted by molar-refractivity contribution is -0.0882. The Morgan fingerprint density at radius 3 is 1.41 bits per heavy atom. The number of hydrogen-bond acceptors (Lipinski definition) is 2. The van der Waals surface area contributed by atoms with E-state index < -0.39 is 19.1 Å². The van der Waals surface area contributed by atoms with Gasteiger partial charge < -0.3 is 9.47 Å². The predicted octanol–water partition coefficient (Wildman–Crippen LogP) is 4.22. The zero-order valence-corrected chi connectivity index (χ0v) is 11.6. The average molecular weight is 250 g/mol. The monoisotopic (exact) mass is 250 g/mol. The molecule has 1 aliphatic rings. The second kappa shape index (κ2) is 6.82. The van der Waals surface area contributed by atoms with Crippen LogP contribution in [0.3, 0.4) is 0 Å². The van der Waals surface area contributed by atoms with Gasteiger partial charge in [0.05, 0.1) is 0 Å². The van der Waals surface area contributed by atoms with Crippen LogP contribution in [0.5, 0.6) is 0 Å². The molecule has 17 heavy (non-hydrogen) atoms. The molecule has 4 heteroatoms. The largest absolute Gasteiger partial charge is 0.488 e. The first kappa shape index (κ1) is 16.2. The third kappa shape index (κ3) is 4.92. The Bertz CT molecular complexity index is 234. The smallest absolute Gasteiger partial charge is 0.314 e. The molecule has 2 nitrogen and oxygen atoms in total. The molecule has 1 rings (SSSR count). The van der Waals surface area contributed by atoms with Crippen LogP contribution in [0.1, 0.15) is 41.5 Å². The Kier molecular flexibility index (Phi) is 6.50. The fourth-order valence-corrected chi connectivity index (χ4v) is 1.45. The van der Waals surface area contributed by atoms with Crippen LogP contribution < -0.4 is 0 Å². The standard InChI is InChI=1S/C11H18F2O2.C2H6/c1-7(2)9-10(8(3)4)15-6-11(12,13)5-14-9;1-2/h7-8H,5-6H2,1-4H3;1-2H3. The van der Waals surface area contributed by atoms with Crippen LogP contribution in [0.15, 0.2) is 11.5 Å². The van der Waals surface area contributed by atoms with E-state index in [2.05, 4.69) is 0 Å². The minimum atomic E-state index is -2.89. The molecule has 1 heterocycles. The number of rotatable bonds is 2. The Labute approximate surface area is 103 Å². The van der Waals surface area contributed by atoms with Crippen LogP contribution in [0.2, 0.25) is 0 Å². The van der Waals surface area contributed by atoms with E-state index in [4.69, 9.17) is 9.47 Å². The Hall–Kier alpha value is -0.800. The van der Waals surface area contributed by atoms with Crippen LogP contribution in [0.4, 0.5) is 8.78 Å². The predicted molar refractivity (Wildman–Crippen MR) is 64.9 cm³/mol. The number of allylic oxidation sites excluding steroid dienone is 2. The van der Waals surface area contributed by atoms with Gasteiger partial charge in [0.25, 0.3) is 0 Å². The van der Waals surface area contributed by atoms with E-state index in [0.29, 0.717) is 11.5 Å². The van der Waals surface area contributed by atoms with Gasteiger partial charge in [-0.15, -0.1) is 0 Å². The SMILES string of the molecule is CC.CC(C)C1=C(C(C)C)OCC(F)(F)CO1. The first-order chi connectivity index (χ1) is 7.83. The van der Waals surface area contributed by atoms with Gasteiger partial charge in [-0.25, -0.2) is 0 Å². The van der Waals surface area contributed by atoms with Crippen molar-refractivity contribution in [1.29, 1.82) is 0 Å². The zero-order valence-electron chi connectivity index (χ0n) is 11.6. The van der Waals surface area contributed by atoms with Gasteiger partial charge in [-0.05, 0) is 0 Å². The van der Waals surface area contributed by atoms with E-state index >= 15 is 0 Å². The molecule has 0 fully saturated rings. The minimum absolute atomic E-state index is 0.0660. The van der Waals surface area contributed by atoms with Gasteiger partial charge in [0.15, 0.2) is 13.2 Å². The summed E-state index contributed by atoms with van der Waals surface area (Å²) < 4.78 is 36.4. The maximum absolute atomic E-state index is 13.1. The summed E-state index contributed by atoms with van der Waals surface area (Å²) in [6.07, 6.45) is 0. The van der Waals surface area contributed by atoms with Crippen LogP contribution in [0.25, 0.3) is 0 Å². The van der Waals surface area contributed by atoms with Crippen LogP contribution in [-0.4, -0.2) is 19.1 Å². The van der Waals surface area contributed by atoms with Crippen molar-refractivity contribution in [2.75, 3.05) is 13.2 Å². The van der Waals surface area contributed by atoms with Gasteiger partial charge in [-0.1, -0.05) is 41.5 Å². The van der Waals surface area contributed by atoms with Gasteiger partial charge in [0.1, 0.15) is 11.5 Å². The van der Waals surface area contributed by atoms with Crippen molar-refractivity contribution >= 4 is 0 Å². The third-order valence-corrected chi connectivity index (χ3v) is 2.17. The second-order valence-corrected chi connectivity index (χ2v) is 4.47. The Morgan fingerprint density at radius 2 is 1.18 bits per heavy atom. The highest BCUT2D eigenvalue weighted by atomic mass is 19.3. The maximum atomic E-state index is 13.1. The summed E-state index contributed by atoms with van der Waals surface area (Å²) in [6.45, 7) is 10.5. The molecule has 0 aromatic carbocycles. The zero-order chi connectivity index (χ0) is 13.6. The summed E-state index contributed by atoms with van der Waals surface area (Å²) in [6, 6.07) is 0. The van der Waals surface area contributed by atoms with E-state index in [1.807, 2.05) is 41.5 Å². The molecule has 0 saturated carbocycles. The first-order valence-corrected chi connectivity index (χ1v) is 6.21. The highest BCUT2D eigenvalue weighted by molar-refractivity contribution is 5.08. The fraction of sp³-hybridized carbons (Fsp3) is 0.846. The molecule has 0 saturated heterocycles. The molecule has 0 radical (unpaired) electrons. The molecule has 1 aliphatic heterocycles. The second-order valence-electron chi connectivity index (χ2n) is 4.47. The van der Waals surface area contributed by atoms with Gasteiger partial charge in [-0.3, -0.25) is 0 Å². The molecule has 0 amide bonds. The molecule has 0 unspecified atom stereocenters. The van der Waals surface area contributed by atoms with E-state index in [1.54, 1.807) is 0 Å². The Morgan fingerprint density at radius 1 is 0.882 bits per heavy atom. The van der Waals surface area contributed by atoms with E-state index in [9.17, 15) is 8.78 Å². The molecule has 0 atom stereocenters. The molecule has 0 aromatic rings. The quantitative estimate of drug-likeness (QED) is 0.730. The normalized spacial score (nSPS) is 19.2. The van der Waals surface area contributed by atoms with Gasteiger partial charge in [-0.2, -0.15) is 8.78 Å². The lowest BCUT2D eigenvalue weighted by Gasteiger charge is -2.17. The topological polar surface area (TPSA) is 18.5 Å². The summed E-state index contributed by atoms with van der Waals surface area (Å²) >= 11 is 0. The van der Waals surface area contributed by atoms with Crippen LogP contribution >= 0.6 is 0 Å². The third-order valence-electron chi connectivity index (χ3n) is 2.17. The average Bonchev–Trinajstić information content (AvgIpc) is 2.39. The Balaban J connectivity index is 0.00000121. The van der Waals surface area contributed by atoms with Crippen LogP contribution in [-0.2, 0) is 9.47 Å². The highest BCUT2D eigenvalue weighted by Gasteiger charge is 2.36. The summed E-state index contributed by atoms with van der Waals surface area (Å²) in [7, 11) is 0. The van der Waals surface area contributed by atoms with Crippen molar-refractivity contribution in [3.8, 4) is 0 Å². The molecule has 0 bridgehead atoms. The fourth-order valence-electron chi connectivity index (χ4n) is 1.45. The molecule has 0 spiro atoms. The van der Waals surface area contributed by atoms with E-state index in [0.717, 1.165) is 0 Å². The lowest BCUT2D eigenvalue weighted by Crippen LogP contribution is -2.27. The van der Waals surface area contributed by atoms with Crippen molar-refractivity contribution in [2.45, 2.75) is 47.5 Å². The summed E-state index contributed by atoms with van der Waals surface area (Å²) in [4.78, 5) is 0. The molecular formula is C13H24F2O2. The van der Waals surface area contributed by atoms with Crippen molar-refractivity contribution in [3.05, 3.63) is 11.5 Å². The number of alkyl halides is 2. The summed E-state index contributed by atoms with van der Waals surface area (Å²) in [5.41, 5.74) is 0. The molecule has 0 N–H and O–H groups in total. The van der Waals surface area contributed by atoms with Crippen molar-refractivity contribution in [3.63, 3.8) is 0 Å². The van der Waals surface area contributed by atoms with E-state index in [1.165, 1.54) is 0 Å². The minimum Gasteiger partial charge on any atom is -0.488 e. The molecule has 102 valence electrons. The number of hydrogen-bond donors (Lipinski definition) is 0. The van der Waals surface area contributed by atoms with Gasteiger partial charge in [0.2, 0.25) is 0 Å². The van der Waals surface area contributed by atoms with E-state index in [-0.39, 0.29) is 11.8 Å². The maximum Gasteiger partial charge on any atom is 0.314 e. The molecular weight excluding hydrogens is 226 g/mol. The highest BCUT2D eigenvalue weighted by Crippen LogP contribution is 2.30. The molecule has 0 aromatic heterocycles. The molecule has 0 aliphatic carbocycles. The van der Waals surface area contributed by atoms with Crippen molar-refractivity contribution < 1.29 is 18.3 Å². The first-order valence-electron chi connectivity index (χ1n) is 6.21. The van der Waals surface area contributed by atoms with Crippen molar-refractivity contribution in [2.24, 2.45) is 11.8 Å². The summed E-state index contributed by atoms with van der Waals surface area (Å²) in [5, 5.41) is 0. The van der Waals surface area contributed by atoms with Gasteiger partial charge >= 0.3 is 5.92 Å². The van der Waals surface area contributed by atoms with Crippen molar-refractivity contribution in [1.82, 2.24) is 0 Å². The van der Waals surface area contributed by atoms with Gasteiger partial charge in [0, 0.05) is 11.8 Å². The van der Waals surface area contributed by atoms with Crippen LogP contribution in [0, 0.1) is 11.8 Å². The number of halogens is 2.